The predicted octanol–water partition coefficient (Wildman–Crippen LogP) is 4.45. The van der Waals surface area contributed by atoms with Crippen LogP contribution in [0.15, 0.2) is 48.5 Å². The third kappa shape index (κ3) is 6.12. The van der Waals surface area contributed by atoms with Gasteiger partial charge in [0.1, 0.15) is 12.6 Å². The summed E-state index contributed by atoms with van der Waals surface area (Å²) in [4.78, 5) is 36.2. The van der Waals surface area contributed by atoms with Crippen LogP contribution in [0.3, 0.4) is 0 Å². The van der Waals surface area contributed by atoms with E-state index in [9.17, 15) is 19.5 Å². The molecule has 3 rings (SSSR count). The summed E-state index contributed by atoms with van der Waals surface area (Å²) < 4.78 is 5.55. The molecule has 2 aromatic rings. The summed E-state index contributed by atoms with van der Waals surface area (Å²) >= 11 is 0. The van der Waals surface area contributed by atoms with E-state index < -0.39 is 30.1 Å². The Bertz CT molecular complexity index is 945. The lowest BCUT2D eigenvalue weighted by Gasteiger charge is -2.20. The molecule has 176 valence electrons. The van der Waals surface area contributed by atoms with Gasteiger partial charge in [0.25, 0.3) is 0 Å². The number of aliphatic carboxylic acids is 1. The second-order valence-electron chi connectivity index (χ2n) is 8.38. The third-order valence-corrected chi connectivity index (χ3v) is 6.07. The Morgan fingerprint density at radius 2 is 1.58 bits per heavy atom. The van der Waals surface area contributed by atoms with Crippen LogP contribution in [-0.4, -0.2) is 41.8 Å². The number of unbranched alkanes of at least 4 members (excludes halogenated alkanes) is 1. The van der Waals surface area contributed by atoms with E-state index in [0.717, 1.165) is 28.7 Å². The zero-order chi connectivity index (χ0) is 23.8. The van der Waals surface area contributed by atoms with Gasteiger partial charge >= 0.3 is 12.1 Å². The number of ether oxygens (including phenoxy) is 1. The molecule has 0 bridgehead atoms. The molecule has 0 fully saturated rings. The lowest BCUT2D eigenvalue weighted by atomic mass is 9.98. The first-order valence-corrected chi connectivity index (χ1v) is 11.6. The maximum atomic E-state index is 12.5. The number of hydrogen-bond acceptors (Lipinski definition) is 4. The first-order chi connectivity index (χ1) is 15.9. The Balaban J connectivity index is 1.54. The van der Waals surface area contributed by atoms with E-state index in [0.29, 0.717) is 19.3 Å². The summed E-state index contributed by atoms with van der Waals surface area (Å²) in [6, 6.07) is 14.9. The van der Waals surface area contributed by atoms with Gasteiger partial charge in [0.15, 0.2) is 0 Å². The Labute approximate surface area is 194 Å². The second-order valence-corrected chi connectivity index (χ2v) is 8.38. The number of rotatable bonds is 11. The molecule has 1 unspecified atom stereocenters. The van der Waals surface area contributed by atoms with Crippen LogP contribution in [0.4, 0.5) is 4.79 Å². The monoisotopic (exact) mass is 452 g/mol. The highest BCUT2D eigenvalue weighted by molar-refractivity contribution is 5.84. The average Bonchev–Trinajstić information content (AvgIpc) is 3.13. The van der Waals surface area contributed by atoms with Gasteiger partial charge in [0, 0.05) is 18.4 Å². The van der Waals surface area contributed by atoms with Crippen molar-refractivity contribution in [3.63, 3.8) is 0 Å². The summed E-state index contributed by atoms with van der Waals surface area (Å²) in [7, 11) is 0. The highest BCUT2D eigenvalue weighted by Crippen LogP contribution is 2.44. The van der Waals surface area contributed by atoms with Gasteiger partial charge in [-0.2, -0.15) is 0 Å². The molecule has 33 heavy (non-hydrogen) atoms. The minimum absolute atomic E-state index is 0.00337. The highest BCUT2D eigenvalue weighted by Gasteiger charge is 2.29. The minimum atomic E-state index is -1.05. The van der Waals surface area contributed by atoms with Crippen molar-refractivity contribution in [1.82, 2.24) is 10.6 Å². The fourth-order valence-corrected chi connectivity index (χ4v) is 4.25. The molecule has 1 aliphatic rings. The third-order valence-electron chi connectivity index (χ3n) is 6.07. The molecule has 0 aliphatic heterocycles. The molecule has 0 radical (unpaired) electrons. The van der Waals surface area contributed by atoms with Crippen LogP contribution < -0.4 is 10.6 Å². The molecule has 1 aliphatic carbocycles. The molecule has 0 heterocycles. The van der Waals surface area contributed by atoms with Gasteiger partial charge in [-0.25, -0.2) is 9.59 Å². The van der Waals surface area contributed by atoms with Gasteiger partial charge in [0.2, 0.25) is 5.91 Å². The second kappa shape index (κ2) is 11.5. The molecule has 0 aromatic heterocycles. The SMILES string of the molecule is CCCCC(NC(=O)C[C@H](CC)NC(=O)OCC1c2ccccc2-c2ccccc21)C(=O)O. The Kier molecular flexibility index (Phi) is 8.46. The van der Waals surface area contributed by atoms with Crippen LogP contribution in [0.5, 0.6) is 0 Å². The molecule has 0 spiro atoms. The highest BCUT2D eigenvalue weighted by atomic mass is 16.5. The normalized spacial score (nSPS) is 14.0. The van der Waals surface area contributed by atoms with Crippen molar-refractivity contribution in [1.29, 1.82) is 0 Å². The molecule has 0 saturated carbocycles. The summed E-state index contributed by atoms with van der Waals surface area (Å²) in [6.45, 7) is 4.01. The molecule has 2 atom stereocenters. The van der Waals surface area contributed by atoms with Crippen LogP contribution in [0.2, 0.25) is 0 Å². The molecular weight excluding hydrogens is 420 g/mol. The van der Waals surface area contributed by atoms with Gasteiger partial charge in [-0.3, -0.25) is 4.79 Å². The molecule has 7 heteroatoms. The number of amides is 2. The Morgan fingerprint density at radius 3 is 2.12 bits per heavy atom. The molecule has 2 amide bonds. The van der Waals surface area contributed by atoms with Crippen LogP contribution in [0, 0.1) is 0 Å². The van der Waals surface area contributed by atoms with Crippen LogP contribution in [0.25, 0.3) is 11.1 Å². The molecule has 2 aromatic carbocycles. The van der Waals surface area contributed by atoms with E-state index >= 15 is 0 Å². The van der Waals surface area contributed by atoms with Crippen LogP contribution in [0.1, 0.15) is 63.0 Å². The van der Waals surface area contributed by atoms with Crippen LogP contribution in [-0.2, 0) is 14.3 Å². The number of fused-ring (bicyclic) bond motifs is 3. The zero-order valence-electron chi connectivity index (χ0n) is 19.2. The lowest BCUT2D eigenvalue weighted by molar-refractivity contribution is -0.142. The molecular formula is C26H32N2O5. The van der Waals surface area contributed by atoms with Crippen molar-refractivity contribution in [3.05, 3.63) is 59.7 Å². The first-order valence-electron chi connectivity index (χ1n) is 11.6. The van der Waals surface area contributed by atoms with Gasteiger partial charge in [-0.1, -0.05) is 75.2 Å². The van der Waals surface area contributed by atoms with Crippen molar-refractivity contribution >= 4 is 18.0 Å². The Morgan fingerprint density at radius 1 is 0.970 bits per heavy atom. The van der Waals surface area contributed by atoms with Crippen molar-refractivity contribution in [2.75, 3.05) is 6.61 Å². The molecule has 0 saturated heterocycles. The standard InChI is InChI=1S/C26H32N2O5/c1-3-5-14-23(25(30)31)28-24(29)15-17(4-2)27-26(32)33-16-22-20-12-8-6-10-18(20)19-11-7-9-13-21(19)22/h6-13,17,22-23H,3-5,14-16H2,1-2H3,(H,27,32)(H,28,29)(H,30,31)/t17-,23?/m0/s1. The van der Waals surface area contributed by atoms with Gasteiger partial charge in [-0.05, 0) is 35.1 Å². The summed E-state index contributed by atoms with van der Waals surface area (Å²) in [5, 5.41) is 14.6. The molecule has 7 nitrogen and oxygen atoms in total. The van der Waals surface area contributed by atoms with Gasteiger partial charge in [0.05, 0.1) is 0 Å². The first kappa shape index (κ1) is 24.3. The van der Waals surface area contributed by atoms with E-state index in [1.165, 1.54) is 0 Å². The van der Waals surface area contributed by atoms with E-state index in [1.54, 1.807) is 0 Å². The summed E-state index contributed by atoms with van der Waals surface area (Å²) in [5.74, 6) is -1.49. The molecule has 3 N–H and O–H groups in total. The number of carbonyl (C=O) groups excluding carboxylic acids is 2. The Hall–Kier alpha value is -3.35. The topological polar surface area (TPSA) is 105 Å². The fraction of sp³-hybridized carbons (Fsp3) is 0.423. The van der Waals surface area contributed by atoms with Gasteiger partial charge < -0.3 is 20.5 Å². The smallest absolute Gasteiger partial charge is 0.407 e. The number of hydrogen-bond donors (Lipinski definition) is 3. The van der Waals surface area contributed by atoms with E-state index in [-0.39, 0.29) is 18.9 Å². The van der Waals surface area contributed by atoms with Gasteiger partial charge in [-0.15, -0.1) is 0 Å². The van der Waals surface area contributed by atoms with E-state index in [1.807, 2.05) is 38.1 Å². The van der Waals surface area contributed by atoms with E-state index in [2.05, 4.69) is 34.9 Å². The minimum Gasteiger partial charge on any atom is -0.480 e. The maximum Gasteiger partial charge on any atom is 0.407 e. The quantitative estimate of drug-likeness (QED) is 0.467. The van der Waals surface area contributed by atoms with Crippen molar-refractivity contribution in [2.24, 2.45) is 0 Å². The predicted molar refractivity (Wildman–Crippen MR) is 126 cm³/mol. The summed E-state index contributed by atoms with van der Waals surface area (Å²) in [5.41, 5.74) is 4.57. The van der Waals surface area contributed by atoms with E-state index in [4.69, 9.17) is 4.74 Å². The van der Waals surface area contributed by atoms with Crippen molar-refractivity contribution < 1.29 is 24.2 Å². The number of benzene rings is 2. The number of carbonyl (C=O) groups is 3. The van der Waals surface area contributed by atoms with Crippen molar-refractivity contribution in [2.45, 2.75) is 64.0 Å². The zero-order valence-corrected chi connectivity index (χ0v) is 19.2. The number of carboxylic acid groups (broad SMARTS) is 1. The maximum absolute atomic E-state index is 12.5. The fourth-order valence-electron chi connectivity index (χ4n) is 4.25. The summed E-state index contributed by atoms with van der Waals surface area (Å²) in [6.07, 6.45) is 1.87. The number of carboxylic acids is 1. The largest absolute Gasteiger partial charge is 0.480 e. The average molecular weight is 453 g/mol. The number of alkyl carbamates (subject to hydrolysis) is 1. The van der Waals surface area contributed by atoms with Crippen molar-refractivity contribution in [3.8, 4) is 11.1 Å². The lowest BCUT2D eigenvalue weighted by Crippen LogP contribution is -2.44. The van der Waals surface area contributed by atoms with Crippen LogP contribution >= 0.6 is 0 Å². The number of nitrogens with one attached hydrogen (secondary N) is 2.